The van der Waals surface area contributed by atoms with E-state index in [1.165, 1.54) is 31.1 Å². The Labute approximate surface area is 262 Å². The summed E-state index contributed by atoms with van der Waals surface area (Å²) in [7, 11) is 1.27. The molecule has 3 amide bonds. The van der Waals surface area contributed by atoms with Crippen molar-refractivity contribution >= 4 is 41.3 Å². The van der Waals surface area contributed by atoms with Gasteiger partial charge in [-0.25, -0.2) is 9.89 Å². The third kappa shape index (κ3) is 7.78. The van der Waals surface area contributed by atoms with E-state index in [4.69, 9.17) is 11.6 Å². The van der Waals surface area contributed by atoms with Crippen molar-refractivity contribution in [1.29, 1.82) is 0 Å². The zero-order chi connectivity index (χ0) is 31.9. The average molecular weight is 632 g/mol. The van der Waals surface area contributed by atoms with E-state index in [2.05, 4.69) is 41.1 Å². The number of aromatic nitrogens is 6. The summed E-state index contributed by atoms with van der Waals surface area (Å²) in [6, 6.07) is 12.8. The Kier molecular flexibility index (Phi) is 9.63. The summed E-state index contributed by atoms with van der Waals surface area (Å²) in [6.07, 6.45) is 5.06. The fourth-order valence-corrected chi connectivity index (χ4v) is 5.32. The van der Waals surface area contributed by atoms with Crippen LogP contribution in [0.15, 0.2) is 65.7 Å². The Morgan fingerprint density at radius 1 is 1.18 bits per heavy atom. The molecule has 2 aromatic carbocycles. The predicted molar refractivity (Wildman–Crippen MR) is 165 cm³/mol. The topological polar surface area (TPSA) is 177 Å². The van der Waals surface area contributed by atoms with Gasteiger partial charge in [0.25, 0.3) is 5.56 Å². The minimum Gasteiger partial charge on any atom is -0.453 e. The van der Waals surface area contributed by atoms with Crippen LogP contribution in [0.3, 0.4) is 0 Å². The number of rotatable bonds is 9. The first-order valence-corrected chi connectivity index (χ1v) is 14.4. The zero-order valence-corrected chi connectivity index (χ0v) is 25.2. The summed E-state index contributed by atoms with van der Waals surface area (Å²) >= 11 is 6.22. The Balaban J connectivity index is 1.41. The molecule has 0 bridgehead atoms. The highest BCUT2D eigenvalue weighted by Gasteiger charge is 2.29. The number of carbonyl (C=O) groups is 3. The van der Waals surface area contributed by atoms with Gasteiger partial charge in [-0.1, -0.05) is 23.7 Å². The molecule has 0 radical (unpaired) electrons. The summed E-state index contributed by atoms with van der Waals surface area (Å²) in [6.45, 7) is 2.72. The zero-order valence-electron chi connectivity index (χ0n) is 24.4. The summed E-state index contributed by atoms with van der Waals surface area (Å²) in [5.74, 6) is -0.309. The van der Waals surface area contributed by atoms with Gasteiger partial charge in [0, 0.05) is 42.4 Å². The van der Waals surface area contributed by atoms with E-state index in [0.29, 0.717) is 58.3 Å². The molecule has 5 rings (SSSR count). The van der Waals surface area contributed by atoms with Crippen LogP contribution in [0, 0.1) is 5.92 Å². The van der Waals surface area contributed by atoms with Crippen LogP contribution in [0.1, 0.15) is 37.1 Å². The number of H-pyrrole nitrogens is 1. The number of hydrogen-bond acceptors (Lipinski definition) is 9. The molecule has 4 aromatic rings. The van der Waals surface area contributed by atoms with E-state index in [0.717, 1.165) is 6.42 Å². The Hall–Kier alpha value is -5.37. The van der Waals surface area contributed by atoms with Gasteiger partial charge in [0.1, 0.15) is 6.33 Å². The number of nitrogens with zero attached hydrogens (tertiary/aromatic N) is 6. The van der Waals surface area contributed by atoms with Crippen LogP contribution in [0.4, 0.5) is 10.5 Å². The molecule has 14 nitrogen and oxygen atoms in total. The van der Waals surface area contributed by atoms with Crippen molar-refractivity contribution in [3.8, 4) is 16.8 Å². The van der Waals surface area contributed by atoms with Crippen LogP contribution < -0.4 is 16.2 Å². The minimum atomic E-state index is -0.614. The van der Waals surface area contributed by atoms with Crippen LogP contribution in [-0.2, 0) is 14.3 Å². The molecule has 1 fully saturated rings. The second-order valence-electron chi connectivity index (χ2n) is 10.4. The van der Waals surface area contributed by atoms with Gasteiger partial charge in [-0.3, -0.25) is 19.7 Å². The number of benzene rings is 2. The molecule has 15 heteroatoms. The first kappa shape index (κ1) is 31.1. The van der Waals surface area contributed by atoms with Gasteiger partial charge < -0.3 is 15.0 Å². The van der Waals surface area contributed by atoms with Crippen LogP contribution in [0.5, 0.6) is 0 Å². The summed E-state index contributed by atoms with van der Waals surface area (Å²) in [4.78, 5) is 51.4. The van der Waals surface area contributed by atoms with Gasteiger partial charge in [-0.15, -0.1) is 5.10 Å². The molecule has 1 unspecified atom stereocenters. The lowest BCUT2D eigenvalue weighted by Gasteiger charge is -2.22. The fraction of sp³-hybridized carbons (Fsp3) is 0.267. The molecule has 232 valence electrons. The summed E-state index contributed by atoms with van der Waals surface area (Å²) in [5, 5.41) is 24.2. The monoisotopic (exact) mass is 631 g/mol. The van der Waals surface area contributed by atoms with Gasteiger partial charge in [0.15, 0.2) is 0 Å². The molecule has 1 aliphatic heterocycles. The van der Waals surface area contributed by atoms with Crippen LogP contribution >= 0.6 is 11.6 Å². The smallest absolute Gasteiger partial charge is 0.411 e. The van der Waals surface area contributed by atoms with Gasteiger partial charge in [0.2, 0.25) is 11.8 Å². The van der Waals surface area contributed by atoms with Crippen molar-refractivity contribution in [2.75, 3.05) is 25.5 Å². The summed E-state index contributed by atoms with van der Waals surface area (Å²) in [5.41, 5.74) is 2.68. The molecule has 0 saturated carbocycles. The van der Waals surface area contributed by atoms with E-state index < -0.39 is 23.6 Å². The van der Waals surface area contributed by atoms with E-state index in [-0.39, 0.29) is 11.8 Å². The number of hydrogen-bond donors (Lipinski definition) is 3. The van der Waals surface area contributed by atoms with Crippen LogP contribution in [0.2, 0.25) is 5.02 Å². The third-order valence-corrected chi connectivity index (χ3v) is 7.66. The SMILES string of the molecule is COC(=O)Nc1ccc(-c2cc([C@H](CC3CCN(C(C)=O)C3)NC(=O)C=Cc3cc(Cl)ccc3-n3cnnn3)n[nH]c2=O)cc1. The number of anilines is 1. The Morgan fingerprint density at radius 2 is 1.98 bits per heavy atom. The predicted octanol–water partition coefficient (Wildman–Crippen LogP) is 3.37. The van der Waals surface area contributed by atoms with Crippen LogP contribution in [-0.4, -0.2) is 73.4 Å². The first-order valence-electron chi connectivity index (χ1n) is 14.0. The van der Waals surface area contributed by atoms with Crippen LogP contribution in [0.25, 0.3) is 22.9 Å². The van der Waals surface area contributed by atoms with Crippen molar-refractivity contribution in [3.05, 3.63) is 87.6 Å². The highest BCUT2D eigenvalue weighted by molar-refractivity contribution is 6.30. The molecule has 0 aliphatic carbocycles. The number of ether oxygens (including phenoxy) is 1. The number of nitrogens with one attached hydrogen (secondary N) is 3. The molecule has 1 saturated heterocycles. The number of likely N-dealkylation sites (tertiary alicyclic amines) is 1. The van der Waals surface area contributed by atoms with Gasteiger partial charge in [0.05, 0.1) is 30.1 Å². The largest absolute Gasteiger partial charge is 0.453 e. The standard InChI is InChI=1S/C30H30ClN9O5/c1-18(41)39-12-11-19(16-39)13-25(34-28(42)10-5-21-14-22(31)6-9-27(21)40-17-32-37-38-40)26-15-24(29(43)36-35-26)20-3-7-23(8-4-20)33-30(44)45-2/h3-10,14-15,17,19,25H,11-13,16H2,1-2H3,(H,33,44)(H,34,42)(H,36,43)/t19?,25-/m0/s1. The molecule has 45 heavy (non-hydrogen) atoms. The highest BCUT2D eigenvalue weighted by Crippen LogP contribution is 2.29. The average Bonchev–Trinajstić information content (AvgIpc) is 3.74. The number of carbonyl (C=O) groups excluding carboxylic acids is 3. The second-order valence-corrected chi connectivity index (χ2v) is 10.9. The molecule has 1 aliphatic rings. The van der Waals surface area contributed by atoms with E-state index in [1.807, 2.05) is 0 Å². The molecule has 3 heterocycles. The normalized spacial score (nSPS) is 15.2. The molecular weight excluding hydrogens is 602 g/mol. The Morgan fingerprint density at radius 3 is 2.67 bits per heavy atom. The lowest BCUT2D eigenvalue weighted by atomic mass is 9.95. The minimum absolute atomic E-state index is 0.00415. The van der Waals surface area contributed by atoms with E-state index in [9.17, 15) is 19.2 Å². The van der Waals surface area contributed by atoms with Crippen molar-refractivity contribution in [2.45, 2.75) is 25.8 Å². The lowest BCUT2D eigenvalue weighted by Crippen LogP contribution is -2.31. The van der Waals surface area contributed by atoms with E-state index in [1.54, 1.807) is 59.5 Å². The van der Waals surface area contributed by atoms with Gasteiger partial charge in [-0.05, 0) is 77.2 Å². The Bertz CT molecular complexity index is 1770. The highest BCUT2D eigenvalue weighted by atomic mass is 35.5. The van der Waals surface area contributed by atoms with Gasteiger partial charge >= 0.3 is 6.09 Å². The molecule has 2 atom stereocenters. The van der Waals surface area contributed by atoms with E-state index >= 15 is 0 Å². The van der Waals surface area contributed by atoms with Crippen molar-refractivity contribution < 1.29 is 19.1 Å². The maximum Gasteiger partial charge on any atom is 0.411 e. The number of amides is 3. The van der Waals surface area contributed by atoms with Crippen molar-refractivity contribution in [3.63, 3.8) is 0 Å². The number of halogens is 1. The second kappa shape index (κ2) is 13.9. The molecule has 0 spiro atoms. The van der Waals surface area contributed by atoms with Gasteiger partial charge in [-0.2, -0.15) is 9.78 Å². The third-order valence-electron chi connectivity index (χ3n) is 7.42. The lowest BCUT2D eigenvalue weighted by molar-refractivity contribution is -0.128. The maximum absolute atomic E-state index is 13.3. The first-order chi connectivity index (χ1) is 21.7. The quantitative estimate of drug-likeness (QED) is 0.234. The van der Waals surface area contributed by atoms with Crippen molar-refractivity contribution in [2.24, 2.45) is 5.92 Å². The maximum atomic E-state index is 13.3. The van der Waals surface area contributed by atoms with Crippen molar-refractivity contribution in [1.82, 2.24) is 40.6 Å². The summed E-state index contributed by atoms with van der Waals surface area (Å²) < 4.78 is 6.08. The number of aromatic amines is 1. The molecular formula is C30H30ClN9O5. The molecule has 2 aromatic heterocycles. The number of methoxy groups -OCH3 is 1. The fourth-order valence-electron chi connectivity index (χ4n) is 5.14. The molecule has 3 N–H and O–H groups in total. The number of tetrazole rings is 1.